The molecule has 18 heavy (non-hydrogen) atoms. The van der Waals surface area contributed by atoms with E-state index in [1.165, 1.54) is 20.3 Å². The van der Waals surface area contributed by atoms with Crippen molar-refractivity contribution in [1.29, 1.82) is 0 Å². The zero-order chi connectivity index (χ0) is 13.9. The molecule has 0 spiro atoms. The van der Waals surface area contributed by atoms with Gasteiger partial charge in [0.05, 0.1) is 30.7 Å². The lowest BCUT2D eigenvalue weighted by atomic mass is 10.0. The standard InChI is InChI=1S/C11H13BrFNO4/c1-17-7-3-5(12)10(13)9(11(7)18-2)6(14)4-8(15)16/h3,6H,4,14H2,1-2H3,(H,15,16). The van der Waals surface area contributed by atoms with Crippen molar-refractivity contribution in [1.82, 2.24) is 0 Å². The monoisotopic (exact) mass is 321 g/mol. The Kier molecular flexibility index (Phi) is 4.92. The van der Waals surface area contributed by atoms with Crippen LogP contribution >= 0.6 is 15.9 Å². The van der Waals surface area contributed by atoms with Gasteiger partial charge in [-0.2, -0.15) is 0 Å². The van der Waals surface area contributed by atoms with Crippen LogP contribution in [0.5, 0.6) is 11.5 Å². The predicted octanol–water partition coefficient (Wildman–Crippen LogP) is 2.08. The zero-order valence-corrected chi connectivity index (χ0v) is 11.5. The highest BCUT2D eigenvalue weighted by Gasteiger charge is 2.25. The minimum Gasteiger partial charge on any atom is -0.493 e. The third-order valence-corrected chi connectivity index (χ3v) is 2.94. The van der Waals surface area contributed by atoms with Gasteiger partial charge in [0.2, 0.25) is 0 Å². The molecule has 0 bridgehead atoms. The van der Waals surface area contributed by atoms with Gasteiger partial charge >= 0.3 is 5.97 Å². The summed E-state index contributed by atoms with van der Waals surface area (Å²) in [6.45, 7) is 0. The number of halogens is 2. The number of nitrogens with two attached hydrogens (primary N) is 1. The number of ether oxygens (including phenoxy) is 2. The second-order valence-electron chi connectivity index (χ2n) is 3.53. The molecule has 0 amide bonds. The molecule has 1 rings (SSSR count). The fourth-order valence-electron chi connectivity index (χ4n) is 1.59. The van der Waals surface area contributed by atoms with Gasteiger partial charge in [0, 0.05) is 12.1 Å². The number of hydrogen-bond donors (Lipinski definition) is 2. The van der Waals surface area contributed by atoms with Crippen LogP contribution in [0.15, 0.2) is 10.5 Å². The highest BCUT2D eigenvalue weighted by Crippen LogP contribution is 2.40. The number of carboxylic acids is 1. The summed E-state index contributed by atoms with van der Waals surface area (Å²) in [6.07, 6.45) is -0.410. The Morgan fingerprint density at radius 1 is 1.56 bits per heavy atom. The van der Waals surface area contributed by atoms with Gasteiger partial charge in [-0.05, 0) is 15.9 Å². The van der Waals surface area contributed by atoms with Crippen molar-refractivity contribution in [3.63, 3.8) is 0 Å². The normalized spacial score (nSPS) is 12.1. The molecule has 0 aromatic heterocycles. The molecular formula is C11H13BrFNO4. The SMILES string of the molecule is COc1cc(Br)c(F)c(C(N)CC(=O)O)c1OC. The molecule has 1 aromatic carbocycles. The summed E-state index contributed by atoms with van der Waals surface area (Å²) in [4.78, 5) is 10.6. The summed E-state index contributed by atoms with van der Waals surface area (Å²) in [5.74, 6) is -1.39. The number of hydrogen-bond acceptors (Lipinski definition) is 4. The molecule has 100 valence electrons. The van der Waals surface area contributed by atoms with Crippen molar-refractivity contribution >= 4 is 21.9 Å². The first-order valence-corrected chi connectivity index (χ1v) is 5.78. The van der Waals surface area contributed by atoms with Gasteiger partial charge < -0.3 is 20.3 Å². The van der Waals surface area contributed by atoms with E-state index in [1.807, 2.05) is 0 Å². The summed E-state index contributed by atoms with van der Waals surface area (Å²) in [5.41, 5.74) is 5.67. The third kappa shape index (κ3) is 2.91. The molecular weight excluding hydrogens is 309 g/mol. The van der Waals surface area contributed by atoms with Crippen molar-refractivity contribution in [3.8, 4) is 11.5 Å². The smallest absolute Gasteiger partial charge is 0.305 e. The molecule has 0 aliphatic heterocycles. The molecule has 0 fully saturated rings. The number of rotatable bonds is 5. The Balaban J connectivity index is 3.38. The second kappa shape index (κ2) is 6.01. The van der Waals surface area contributed by atoms with E-state index < -0.39 is 24.2 Å². The molecule has 1 aromatic rings. The average Bonchev–Trinajstić information content (AvgIpc) is 2.30. The summed E-state index contributed by atoms with van der Waals surface area (Å²) < 4.78 is 24.2. The van der Waals surface area contributed by atoms with Crippen LogP contribution in [-0.2, 0) is 4.79 Å². The molecule has 0 saturated heterocycles. The van der Waals surface area contributed by atoms with E-state index in [0.29, 0.717) is 0 Å². The van der Waals surface area contributed by atoms with E-state index in [2.05, 4.69) is 15.9 Å². The predicted molar refractivity (Wildman–Crippen MR) is 66.4 cm³/mol. The topological polar surface area (TPSA) is 81.8 Å². The Labute approximate surface area is 112 Å². The maximum Gasteiger partial charge on any atom is 0.305 e. The molecule has 7 heteroatoms. The third-order valence-electron chi connectivity index (χ3n) is 2.36. The summed E-state index contributed by atoms with van der Waals surface area (Å²) >= 11 is 3.02. The Morgan fingerprint density at radius 3 is 2.61 bits per heavy atom. The van der Waals surface area contributed by atoms with Crippen LogP contribution in [0.3, 0.4) is 0 Å². The van der Waals surface area contributed by atoms with E-state index in [9.17, 15) is 9.18 Å². The molecule has 1 atom stereocenters. The van der Waals surface area contributed by atoms with Gasteiger partial charge in [0.1, 0.15) is 5.82 Å². The molecule has 3 N–H and O–H groups in total. The van der Waals surface area contributed by atoms with Gasteiger partial charge in [-0.25, -0.2) is 4.39 Å². The van der Waals surface area contributed by atoms with Crippen molar-refractivity contribution in [2.45, 2.75) is 12.5 Å². The average molecular weight is 322 g/mol. The zero-order valence-electron chi connectivity index (χ0n) is 9.87. The van der Waals surface area contributed by atoms with Crippen LogP contribution < -0.4 is 15.2 Å². The Bertz CT molecular complexity index is 467. The maximum absolute atomic E-state index is 14.0. The van der Waals surface area contributed by atoms with Crippen LogP contribution in [-0.4, -0.2) is 25.3 Å². The summed E-state index contributed by atoms with van der Waals surface area (Å²) in [6, 6.07) is 0.370. The van der Waals surface area contributed by atoms with Gasteiger partial charge in [-0.1, -0.05) is 0 Å². The lowest BCUT2D eigenvalue weighted by Gasteiger charge is -2.18. The van der Waals surface area contributed by atoms with E-state index >= 15 is 0 Å². The maximum atomic E-state index is 14.0. The fourth-order valence-corrected chi connectivity index (χ4v) is 2.01. The number of benzene rings is 1. The molecule has 0 aliphatic carbocycles. The lowest BCUT2D eigenvalue weighted by molar-refractivity contribution is -0.137. The number of methoxy groups -OCH3 is 2. The van der Waals surface area contributed by atoms with Crippen LogP contribution in [0.1, 0.15) is 18.0 Å². The summed E-state index contributed by atoms with van der Waals surface area (Å²) in [7, 11) is 2.73. The van der Waals surface area contributed by atoms with Gasteiger partial charge in [0.25, 0.3) is 0 Å². The molecule has 5 nitrogen and oxygen atoms in total. The minimum atomic E-state index is -1.12. The largest absolute Gasteiger partial charge is 0.493 e. The van der Waals surface area contributed by atoms with E-state index in [0.717, 1.165) is 0 Å². The molecule has 0 aliphatic rings. The first kappa shape index (κ1) is 14.7. The van der Waals surface area contributed by atoms with Crippen molar-refractivity contribution in [3.05, 3.63) is 21.9 Å². The van der Waals surface area contributed by atoms with Gasteiger partial charge in [-0.15, -0.1) is 0 Å². The highest BCUT2D eigenvalue weighted by molar-refractivity contribution is 9.10. The highest BCUT2D eigenvalue weighted by atomic mass is 79.9. The lowest BCUT2D eigenvalue weighted by Crippen LogP contribution is -2.18. The van der Waals surface area contributed by atoms with Crippen molar-refractivity contribution in [2.75, 3.05) is 14.2 Å². The quantitative estimate of drug-likeness (QED) is 0.867. The van der Waals surface area contributed by atoms with Crippen molar-refractivity contribution in [2.24, 2.45) is 5.73 Å². The number of aliphatic carboxylic acids is 1. The van der Waals surface area contributed by atoms with Gasteiger partial charge in [0.15, 0.2) is 11.5 Å². The van der Waals surface area contributed by atoms with E-state index in [-0.39, 0.29) is 21.5 Å². The first-order valence-electron chi connectivity index (χ1n) is 4.99. The number of carbonyl (C=O) groups is 1. The van der Waals surface area contributed by atoms with E-state index in [1.54, 1.807) is 0 Å². The fraction of sp³-hybridized carbons (Fsp3) is 0.364. The van der Waals surface area contributed by atoms with Crippen LogP contribution in [0.25, 0.3) is 0 Å². The Hall–Kier alpha value is -1.34. The molecule has 1 unspecified atom stereocenters. The second-order valence-corrected chi connectivity index (χ2v) is 4.38. The first-order chi connectivity index (χ1) is 8.42. The number of carboxylic acid groups (broad SMARTS) is 1. The Morgan fingerprint density at radius 2 is 2.17 bits per heavy atom. The molecule has 0 heterocycles. The van der Waals surface area contributed by atoms with Crippen LogP contribution in [0, 0.1) is 5.82 Å². The van der Waals surface area contributed by atoms with E-state index in [4.69, 9.17) is 20.3 Å². The van der Waals surface area contributed by atoms with Crippen LogP contribution in [0.4, 0.5) is 4.39 Å². The minimum absolute atomic E-state index is 0.0221. The molecule has 0 saturated carbocycles. The van der Waals surface area contributed by atoms with Crippen molar-refractivity contribution < 1.29 is 23.8 Å². The molecule has 0 radical (unpaired) electrons. The van der Waals surface area contributed by atoms with Crippen LogP contribution in [0.2, 0.25) is 0 Å². The summed E-state index contributed by atoms with van der Waals surface area (Å²) in [5, 5.41) is 8.71. The van der Waals surface area contributed by atoms with Gasteiger partial charge in [-0.3, -0.25) is 4.79 Å².